The van der Waals surface area contributed by atoms with Gasteiger partial charge in [0.15, 0.2) is 5.82 Å². The molecular formula is C20H24N6O. The minimum Gasteiger partial charge on any atom is -0.365 e. The molecule has 0 unspecified atom stereocenters. The number of hydrogen-bond donors (Lipinski definition) is 2. The van der Waals surface area contributed by atoms with Crippen LogP contribution in [0.15, 0.2) is 42.7 Å². The van der Waals surface area contributed by atoms with E-state index in [0.717, 1.165) is 29.1 Å². The number of rotatable bonds is 7. The Balaban J connectivity index is 1.68. The number of amides is 1. The highest BCUT2D eigenvalue weighted by Crippen LogP contribution is 2.14. The first-order valence-corrected chi connectivity index (χ1v) is 9.03. The summed E-state index contributed by atoms with van der Waals surface area (Å²) in [6.07, 6.45) is 4.73. The largest absolute Gasteiger partial charge is 0.365 e. The molecule has 140 valence electrons. The van der Waals surface area contributed by atoms with Crippen molar-refractivity contribution in [3.8, 4) is 5.82 Å². The fraction of sp³-hybridized carbons (Fsp3) is 0.300. The molecule has 0 aliphatic carbocycles. The zero-order chi connectivity index (χ0) is 19.2. The minimum atomic E-state index is 0.0334. The van der Waals surface area contributed by atoms with E-state index < -0.39 is 0 Å². The predicted molar refractivity (Wildman–Crippen MR) is 106 cm³/mol. The van der Waals surface area contributed by atoms with Crippen molar-refractivity contribution in [1.82, 2.24) is 19.7 Å². The molecule has 0 radical (unpaired) electrons. The highest BCUT2D eigenvalue weighted by atomic mass is 16.1. The van der Waals surface area contributed by atoms with Gasteiger partial charge in [-0.25, -0.2) is 9.67 Å². The highest BCUT2D eigenvalue weighted by molar-refractivity contribution is 5.90. The summed E-state index contributed by atoms with van der Waals surface area (Å²) in [5.41, 5.74) is 3.79. The second-order valence-electron chi connectivity index (χ2n) is 6.45. The van der Waals surface area contributed by atoms with Gasteiger partial charge in [-0.1, -0.05) is 19.1 Å². The van der Waals surface area contributed by atoms with Crippen molar-refractivity contribution in [2.75, 3.05) is 10.6 Å². The lowest BCUT2D eigenvalue weighted by Crippen LogP contribution is -2.11. The van der Waals surface area contributed by atoms with Crippen LogP contribution in [0, 0.1) is 13.8 Å². The second kappa shape index (κ2) is 8.44. The third-order valence-electron chi connectivity index (χ3n) is 4.01. The second-order valence-corrected chi connectivity index (χ2v) is 6.45. The molecule has 27 heavy (non-hydrogen) atoms. The molecule has 0 fully saturated rings. The standard InChI is InChI=1S/C20H24N6O/c1-4-6-20(27)23-17-8-5-7-16(10-17)11-22-18-12-21-13-19(24-18)26-15(3)9-14(2)25-26/h5,7-10,12-13H,4,6,11H2,1-3H3,(H,22,24)(H,23,27). The number of aryl methyl sites for hydroxylation is 2. The minimum absolute atomic E-state index is 0.0334. The zero-order valence-electron chi connectivity index (χ0n) is 15.9. The summed E-state index contributed by atoms with van der Waals surface area (Å²) >= 11 is 0. The third kappa shape index (κ3) is 4.91. The van der Waals surface area contributed by atoms with Crippen LogP contribution in [0.25, 0.3) is 5.82 Å². The number of carbonyl (C=O) groups excluding carboxylic acids is 1. The van der Waals surface area contributed by atoms with E-state index in [9.17, 15) is 4.79 Å². The summed E-state index contributed by atoms with van der Waals surface area (Å²) in [5, 5.41) is 10.6. The number of nitrogens with one attached hydrogen (secondary N) is 2. The van der Waals surface area contributed by atoms with Gasteiger partial charge in [-0.3, -0.25) is 9.78 Å². The fourth-order valence-electron chi connectivity index (χ4n) is 2.81. The number of hydrogen-bond acceptors (Lipinski definition) is 5. The van der Waals surface area contributed by atoms with Gasteiger partial charge in [-0.15, -0.1) is 0 Å². The van der Waals surface area contributed by atoms with Gasteiger partial charge in [-0.2, -0.15) is 5.10 Å². The first-order valence-electron chi connectivity index (χ1n) is 9.03. The van der Waals surface area contributed by atoms with E-state index in [4.69, 9.17) is 0 Å². The monoisotopic (exact) mass is 364 g/mol. The van der Waals surface area contributed by atoms with Crippen molar-refractivity contribution in [2.24, 2.45) is 0 Å². The molecule has 1 aromatic carbocycles. The maximum absolute atomic E-state index is 11.8. The van der Waals surface area contributed by atoms with E-state index >= 15 is 0 Å². The quantitative estimate of drug-likeness (QED) is 0.669. The molecule has 0 aliphatic rings. The SMILES string of the molecule is CCCC(=O)Nc1cccc(CNc2cncc(-n3nc(C)cc3C)n2)c1. The summed E-state index contributed by atoms with van der Waals surface area (Å²) in [6.45, 7) is 6.50. The molecule has 3 aromatic rings. The Kier molecular flexibility index (Phi) is 5.80. The molecule has 3 rings (SSSR count). The molecule has 2 N–H and O–H groups in total. The number of anilines is 2. The van der Waals surface area contributed by atoms with E-state index in [2.05, 4.69) is 25.7 Å². The van der Waals surface area contributed by atoms with Crippen molar-refractivity contribution in [2.45, 2.75) is 40.2 Å². The number of benzene rings is 1. The van der Waals surface area contributed by atoms with Crippen molar-refractivity contribution in [3.63, 3.8) is 0 Å². The van der Waals surface area contributed by atoms with Crippen molar-refractivity contribution in [3.05, 3.63) is 59.7 Å². The van der Waals surface area contributed by atoms with Crippen molar-refractivity contribution >= 4 is 17.4 Å². The molecule has 0 aliphatic heterocycles. The van der Waals surface area contributed by atoms with E-state index in [1.807, 2.05) is 51.1 Å². The van der Waals surface area contributed by atoms with Gasteiger partial charge in [0.25, 0.3) is 0 Å². The maximum Gasteiger partial charge on any atom is 0.224 e. The Morgan fingerprint density at radius 2 is 2.04 bits per heavy atom. The molecule has 2 aromatic heterocycles. The van der Waals surface area contributed by atoms with E-state index in [0.29, 0.717) is 24.6 Å². The van der Waals surface area contributed by atoms with Crippen LogP contribution in [0.2, 0.25) is 0 Å². The van der Waals surface area contributed by atoms with Crippen LogP contribution in [0.1, 0.15) is 36.7 Å². The van der Waals surface area contributed by atoms with Crippen LogP contribution in [-0.4, -0.2) is 25.7 Å². The van der Waals surface area contributed by atoms with Crippen LogP contribution in [0.5, 0.6) is 0 Å². The molecule has 1 amide bonds. The fourth-order valence-corrected chi connectivity index (χ4v) is 2.81. The zero-order valence-corrected chi connectivity index (χ0v) is 15.9. The predicted octanol–water partition coefficient (Wildman–Crippen LogP) is 3.63. The molecule has 2 heterocycles. The molecule has 0 atom stereocenters. The van der Waals surface area contributed by atoms with Gasteiger partial charge in [-0.05, 0) is 44.0 Å². The Morgan fingerprint density at radius 3 is 2.78 bits per heavy atom. The lowest BCUT2D eigenvalue weighted by atomic mass is 10.2. The van der Waals surface area contributed by atoms with E-state index in [1.54, 1.807) is 17.1 Å². The molecule has 0 saturated heterocycles. The number of carbonyl (C=O) groups is 1. The molecule has 0 spiro atoms. The molecule has 7 nitrogen and oxygen atoms in total. The topological polar surface area (TPSA) is 84.7 Å². The van der Waals surface area contributed by atoms with Gasteiger partial charge in [0.05, 0.1) is 18.1 Å². The van der Waals surface area contributed by atoms with Crippen LogP contribution in [0.4, 0.5) is 11.5 Å². The normalized spacial score (nSPS) is 10.6. The summed E-state index contributed by atoms with van der Waals surface area (Å²) in [6, 6.07) is 9.77. The molecule has 0 bridgehead atoms. The first kappa shape index (κ1) is 18.6. The summed E-state index contributed by atoms with van der Waals surface area (Å²) in [5.74, 6) is 1.37. The first-order chi connectivity index (χ1) is 13.0. The van der Waals surface area contributed by atoms with E-state index in [1.165, 1.54) is 0 Å². The van der Waals surface area contributed by atoms with Crippen LogP contribution >= 0.6 is 0 Å². The maximum atomic E-state index is 11.8. The average molecular weight is 364 g/mol. The van der Waals surface area contributed by atoms with Crippen molar-refractivity contribution in [1.29, 1.82) is 0 Å². The summed E-state index contributed by atoms with van der Waals surface area (Å²) < 4.78 is 1.78. The molecular weight excluding hydrogens is 340 g/mol. The Morgan fingerprint density at radius 1 is 1.19 bits per heavy atom. The van der Waals surface area contributed by atoms with E-state index in [-0.39, 0.29) is 5.91 Å². The Bertz CT molecular complexity index is 934. The lowest BCUT2D eigenvalue weighted by Gasteiger charge is -2.10. The summed E-state index contributed by atoms with van der Waals surface area (Å²) in [4.78, 5) is 20.6. The molecule has 7 heteroatoms. The lowest BCUT2D eigenvalue weighted by molar-refractivity contribution is -0.116. The average Bonchev–Trinajstić information content (AvgIpc) is 2.99. The van der Waals surface area contributed by atoms with Crippen LogP contribution < -0.4 is 10.6 Å². The van der Waals surface area contributed by atoms with Gasteiger partial charge in [0, 0.05) is 24.3 Å². The molecule has 0 saturated carbocycles. The summed E-state index contributed by atoms with van der Waals surface area (Å²) in [7, 11) is 0. The van der Waals surface area contributed by atoms with Gasteiger partial charge < -0.3 is 10.6 Å². The van der Waals surface area contributed by atoms with Crippen LogP contribution in [0.3, 0.4) is 0 Å². The highest BCUT2D eigenvalue weighted by Gasteiger charge is 2.07. The van der Waals surface area contributed by atoms with Gasteiger partial charge >= 0.3 is 0 Å². The van der Waals surface area contributed by atoms with Crippen LogP contribution in [-0.2, 0) is 11.3 Å². The Labute approximate surface area is 158 Å². The number of aromatic nitrogens is 4. The van der Waals surface area contributed by atoms with Crippen molar-refractivity contribution < 1.29 is 4.79 Å². The smallest absolute Gasteiger partial charge is 0.224 e. The Hall–Kier alpha value is -3.22. The van der Waals surface area contributed by atoms with Gasteiger partial charge in [0.2, 0.25) is 5.91 Å². The third-order valence-corrected chi connectivity index (χ3v) is 4.01. The number of nitrogens with zero attached hydrogens (tertiary/aromatic N) is 4. The van der Waals surface area contributed by atoms with Gasteiger partial charge in [0.1, 0.15) is 5.82 Å².